The first kappa shape index (κ1) is 17.2. The summed E-state index contributed by atoms with van der Waals surface area (Å²) in [6, 6.07) is 1.98. The number of carbonyl (C=O) groups excluding carboxylic acids is 1. The fourth-order valence-electron chi connectivity index (χ4n) is 4.27. The molecule has 1 amide bonds. The van der Waals surface area contributed by atoms with E-state index in [2.05, 4.69) is 27.2 Å². The Morgan fingerprint density at radius 1 is 1.27 bits per heavy atom. The number of aromatic nitrogens is 4. The lowest BCUT2D eigenvalue weighted by molar-refractivity contribution is 0.0106. The lowest BCUT2D eigenvalue weighted by Crippen LogP contribution is -2.59. The molecule has 26 heavy (non-hydrogen) atoms. The summed E-state index contributed by atoms with van der Waals surface area (Å²) in [4.78, 5) is 16.9. The van der Waals surface area contributed by atoms with E-state index in [4.69, 9.17) is 4.42 Å². The molecule has 2 aromatic heterocycles. The molecule has 1 spiro atoms. The van der Waals surface area contributed by atoms with Crippen molar-refractivity contribution >= 4 is 5.91 Å². The average molecular weight is 358 g/mol. The predicted molar refractivity (Wildman–Crippen MR) is 94.7 cm³/mol. The van der Waals surface area contributed by atoms with Crippen LogP contribution in [0.5, 0.6) is 0 Å². The summed E-state index contributed by atoms with van der Waals surface area (Å²) < 4.78 is 7.53. The van der Waals surface area contributed by atoms with Gasteiger partial charge in [0.05, 0.1) is 11.7 Å². The average Bonchev–Trinajstić information content (AvgIpc) is 3.22. The summed E-state index contributed by atoms with van der Waals surface area (Å²) in [5, 5.41) is 12.7. The van der Waals surface area contributed by atoms with Gasteiger partial charge in [-0.2, -0.15) is 5.10 Å². The van der Waals surface area contributed by atoms with Crippen LogP contribution in [0.3, 0.4) is 0 Å². The number of aryl methyl sites for hydroxylation is 2. The highest BCUT2D eigenvalue weighted by Gasteiger charge is 2.53. The first-order chi connectivity index (χ1) is 12.3. The Hall–Kier alpha value is -2.22. The normalized spacial score (nSPS) is 22.4. The van der Waals surface area contributed by atoms with Crippen molar-refractivity contribution in [2.24, 2.45) is 12.5 Å². The molecule has 0 aromatic carbocycles. The maximum absolute atomic E-state index is 12.7. The summed E-state index contributed by atoms with van der Waals surface area (Å²) in [5.41, 5.74) is 1.64. The van der Waals surface area contributed by atoms with Crippen LogP contribution in [0.2, 0.25) is 0 Å². The smallest absolute Gasteiger partial charge is 0.272 e. The predicted octanol–water partition coefficient (Wildman–Crippen LogP) is 1.75. The van der Waals surface area contributed by atoms with E-state index in [0.717, 1.165) is 31.7 Å². The van der Waals surface area contributed by atoms with Gasteiger partial charge in [-0.05, 0) is 26.5 Å². The fraction of sp³-hybridized carbons (Fsp3) is 0.667. The van der Waals surface area contributed by atoms with Crippen LogP contribution in [0.1, 0.15) is 60.2 Å². The summed E-state index contributed by atoms with van der Waals surface area (Å²) in [6.07, 6.45) is 0.942. The molecular weight excluding hydrogens is 332 g/mol. The van der Waals surface area contributed by atoms with Gasteiger partial charge in [0, 0.05) is 38.0 Å². The third kappa shape index (κ3) is 2.72. The van der Waals surface area contributed by atoms with Gasteiger partial charge >= 0.3 is 0 Å². The van der Waals surface area contributed by atoms with Crippen LogP contribution < -0.4 is 0 Å². The minimum atomic E-state index is 0.0599. The van der Waals surface area contributed by atoms with Crippen molar-refractivity contribution in [3.05, 3.63) is 29.2 Å². The lowest BCUT2D eigenvalue weighted by atomic mass is 9.77. The first-order valence-electron chi connectivity index (χ1n) is 9.11. The second-order valence-corrected chi connectivity index (χ2v) is 8.22. The number of amides is 1. The Morgan fingerprint density at radius 2 is 2.00 bits per heavy atom. The lowest BCUT2D eigenvalue weighted by Gasteiger charge is -2.48. The Morgan fingerprint density at radius 3 is 2.58 bits per heavy atom. The van der Waals surface area contributed by atoms with Crippen molar-refractivity contribution in [3.63, 3.8) is 0 Å². The SMILES string of the molecule is Cc1cc(C(=O)N2CC3(CC(c4nnc(C(C)C)o4)N(C)C3)C2)n(C)n1. The van der Waals surface area contributed by atoms with Crippen LogP contribution in [-0.2, 0) is 7.05 Å². The standard InChI is InChI=1S/C18H26N6O2/c1-11(2)15-19-20-16(26-15)14-7-18(8-22(14)4)9-24(10-18)17(25)13-6-12(3)21-23(13)5/h6,11,14H,7-10H2,1-5H3. The van der Waals surface area contributed by atoms with Gasteiger partial charge in [-0.25, -0.2) is 0 Å². The van der Waals surface area contributed by atoms with E-state index in [1.54, 1.807) is 4.68 Å². The second kappa shape index (κ2) is 5.90. The molecule has 8 nitrogen and oxygen atoms in total. The molecule has 2 fully saturated rings. The Labute approximate surface area is 153 Å². The van der Waals surface area contributed by atoms with Gasteiger partial charge in [-0.1, -0.05) is 13.8 Å². The minimum absolute atomic E-state index is 0.0599. The molecule has 0 N–H and O–H groups in total. The molecule has 2 saturated heterocycles. The van der Waals surface area contributed by atoms with Gasteiger partial charge in [0.2, 0.25) is 11.8 Å². The number of carbonyl (C=O) groups is 1. The molecule has 0 aliphatic carbocycles. The van der Waals surface area contributed by atoms with Gasteiger partial charge in [0.25, 0.3) is 5.91 Å². The zero-order chi connectivity index (χ0) is 18.6. The van der Waals surface area contributed by atoms with E-state index in [0.29, 0.717) is 17.5 Å². The first-order valence-corrected chi connectivity index (χ1v) is 9.11. The summed E-state index contributed by atoms with van der Waals surface area (Å²) in [5.74, 6) is 1.67. The molecule has 8 heteroatoms. The van der Waals surface area contributed by atoms with E-state index in [1.165, 1.54) is 0 Å². The number of hydrogen-bond donors (Lipinski definition) is 0. The summed E-state index contributed by atoms with van der Waals surface area (Å²) in [7, 11) is 3.91. The highest BCUT2D eigenvalue weighted by molar-refractivity contribution is 5.93. The fourth-order valence-corrected chi connectivity index (χ4v) is 4.27. The van der Waals surface area contributed by atoms with Gasteiger partial charge in [-0.15, -0.1) is 10.2 Å². The third-order valence-corrected chi connectivity index (χ3v) is 5.54. The molecule has 2 aliphatic heterocycles. The van der Waals surface area contributed by atoms with Gasteiger partial charge < -0.3 is 9.32 Å². The van der Waals surface area contributed by atoms with Crippen molar-refractivity contribution in [3.8, 4) is 0 Å². The largest absolute Gasteiger partial charge is 0.423 e. The molecule has 140 valence electrons. The topological polar surface area (TPSA) is 80.3 Å². The van der Waals surface area contributed by atoms with Crippen LogP contribution >= 0.6 is 0 Å². The second-order valence-electron chi connectivity index (χ2n) is 8.22. The quantitative estimate of drug-likeness (QED) is 0.832. The monoisotopic (exact) mass is 358 g/mol. The number of likely N-dealkylation sites (tertiary alicyclic amines) is 2. The number of hydrogen-bond acceptors (Lipinski definition) is 6. The van der Waals surface area contributed by atoms with E-state index < -0.39 is 0 Å². The maximum atomic E-state index is 12.7. The molecule has 2 aromatic rings. The Balaban J connectivity index is 1.44. The van der Waals surface area contributed by atoms with Gasteiger partial charge in [-0.3, -0.25) is 14.4 Å². The van der Waals surface area contributed by atoms with Crippen molar-refractivity contribution in [1.82, 2.24) is 29.8 Å². The summed E-state index contributed by atoms with van der Waals surface area (Å²) >= 11 is 0. The molecule has 0 saturated carbocycles. The maximum Gasteiger partial charge on any atom is 0.272 e. The van der Waals surface area contributed by atoms with Crippen molar-refractivity contribution in [2.75, 3.05) is 26.7 Å². The summed E-state index contributed by atoms with van der Waals surface area (Å²) in [6.45, 7) is 8.47. The zero-order valence-electron chi connectivity index (χ0n) is 16.1. The van der Waals surface area contributed by atoms with E-state index in [1.807, 2.05) is 38.8 Å². The van der Waals surface area contributed by atoms with Crippen molar-refractivity contribution in [1.29, 1.82) is 0 Å². The number of rotatable bonds is 3. The van der Waals surface area contributed by atoms with Crippen LogP contribution in [0.25, 0.3) is 0 Å². The van der Waals surface area contributed by atoms with Crippen LogP contribution in [0.4, 0.5) is 0 Å². The zero-order valence-corrected chi connectivity index (χ0v) is 16.1. The molecule has 2 aliphatic rings. The van der Waals surface area contributed by atoms with E-state index in [-0.39, 0.29) is 23.3 Å². The van der Waals surface area contributed by atoms with E-state index in [9.17, 15) is 4.79 Å². The highest BCUT2D eigenvalue weighted by atomic mass is 16.4. The van der Waals surface area contributed by atoms with E-state index >= 15 is 0 Å². The van der Waals surface area contributed by atoms with Crippen LogP contribution in [-0.4, -0.2) is 62.4 Å². The molecule has 4 rings (SSSR count). The van der Waals surface area contributed by atoms with Gasteiger partial charge in [0.1, 0.15) is 5.69 Å². The molecule has 1 atom stereocenters. The molecule has 1 unspecified atom stereocenters. The Bertz CT molecular complexity index is 833. The van der Waals surface area contributed by atoms with Gasteiger partial charge in [0.15, 0.2) is 0 Å². The Kier molecular flexibility index (Phi) is 3.91. The highest BCUT2D eigenvalue weighted by Crippen LogP contribution is 2.47. The van der Waals surface area contributed by atoms with Crippen molar-refractivity contribution in [2.45, 2.75) is 39.2 Å². The number of nitrogens with zero attached hydrogens (tertiary/aromatic N) is 6. The molecule has 0 bridgehead atoms. The minimum Gasteiger partial charge on any atom is -0.423 e. The van der Waals surface area contributed by atoms with Crippen LogP contribution in [0.15, 0.2) is 10.5 Å². The van der Waals surface area contributed by atoms with Crippen LogP contribution in [0, 0.1) is 12.3 Å². The molecule has 0 radical (unpaired) electrons. The molecule has 4 heterocycles. The third-order valence-electron chi connectivity index (χ3n) is 5.54. The van der Waals surface area contributed by atoms with Crippen molar-refractivity contribution < 1.29 is 9.21 Å². The molecular formula is C18H26N6O2.